The molecule has 3 amide bonds. The minimum absolute atomic E-state index is 0.223. The number of hydrogen-bond donors (Lipinski definition) is 3. The molecule has 1 atom stereocenters. The first-order valence-electron chi connectivity index (χ1n) is 6.05. The summed E-state index contributed by atoms with van der Waals surface area (Å²) in [5.41, 5.74) is 6.77. The van der Waals surface area contributed by atoms with Gasteiger partial charge in [-0.05, 0) is 47.2 Å². The molecule has 0 spiro atoms. The molecular formula is C12H11IN4O3. The van der Waals surface area contributed by atoms with E-state index in [-0.39, 0.29) is 18.2 Å². The van der Waals surface area contributed by atoms with Crippen molar-refractivity contribution >= 4 is 46.0 Å². The van der Waals surface area contributed by atoms with Crippen molar-refractivity contribution in [2.75, 3.05) is 5.43 Å². The topological polar surface area (TPSA) is 90.5 Å². The Hall–Kier alpha value is -1.68. The van der Waals surface area contributed by atoms with Gasteiger partial charge in [0.2, 0.25) is 5.91 Å². The Morgan fingerprint density at radius 3 is 2.80 bits per heavy atom. The van der Waals surface area contributed by atoms with E-state index >= 15 is 0 Å². The summed E-state index contributed by atoms with van der Waals surface area (Å²) in [5, 5.41) is 3.48. The molecule has 2 heterocycles. The van der Waals surface area contributed by atoms with Gasteiger partial charge in [-0.2, -0.15) is 0 Å². The van der Waals surface area contributed by atoms with E-state index in [1.807, 2.05) is 6.07 Å². The number of fused-ring (bicyclic) bond motifs is 1. The van der Waals surface area contributed by atoms with Gasteiger partial charge in [0, 0.05) is 9.99 Å². The predicted molar refractivity (Wildman–Crippen MR) is 78.3 cm³/mol. The molecule has 3 rings (SSSR count). The van der Waals surface area contributed by atoms with Gasteiger partial charge in [-0.15, -0.1) is 5.53 Å². The summed E-state index contributed by atoms with van der Waals surface area (Å²) in [4.78, 5) is 35.4. The van der Waals surface area contributed by atoms with E-state index in [0.29, 0.717) is 17.7 Å². The smallest absolute Gasteiger partial charge is 0.272 e. The Balaban J connectivity index is 1.88. The summed E-state index contributed by atoms with van der Waals surface area (Å²) in [6, 6.07) is 4.73. The van der Waals surface area contributed by atoms with Crippen LogP contribution in [0.2, 0.25) is 0 Å². The van der Waals surface area contributed by atoms with Crippen molar-refractivity contribution in [3.8, 4) is 0 Å². The van der Waals surface area contributed by atoms with Crippen LogP contribution in [0.4, 0.5) is 5.69 Å². The Morgan fingerprint density at radius 1 is 1.25 bits per heavy atom. The summed E-state index contributed by atoms with van der Waals surface area (Å²) >= 11 is 2.12. The number of carbonyl (C=O) groups excluding carboxylic acids is 3. The van der Waals surface area contributed by atoms with Crippen LogP contribution in [0.5, 0.6) is 0 Å². The highest BCUT2D eigenvalue weighted by atomic mass is 127. The number of nitrogens with zero attached hydrogens (tertiary/aromatic N) is 1. The molecule has 1 unspecified atom stereocenters. The molecule has 20 heavy (non-hydrogen) atoms. The zero-order valence-electron chi connectivity index (χ0n) is 10.3. The average Bonchev–Trinajstić information content (AvgIpc) is 2.41. The maximum Gasteiger partial charge on any atom is 0.272 e. The third-order valence-corrected chi connectivity index (χ3v) is 3.93. The summed E-state index contributed by atoms with van der Waals surface area (Å²) in [7, 11) is 0. The lowest BCUT2D eigenvalue weighted by molar-refractivity contribution is -0.137. The van der Waals surface area contributed by atoms with Gasteiger partial charge in [0.15, 0.2) is 0 Å². The van der Waals surface area contributed by atoms with Gasteiger partial charge in [0.25, 0.3) is 11.8 Å². The Labute approximate surface area is 128 Å². The lowest BCUT2D eigenvalue weighted by Crippen LogP contribution is -2.61. The number of imide groups is 1. The normalized spacial score (nSPS) is 22.1. The summed E-state index contributed by atoms with van der Waals surface area (Å²) in [6.07, 6.45) is 0.533. The molecule has 1 saturated heterocycles. The van der Waals surface area contributed by atoms with Crippen molar-refractivity contribution in [2.24, 2.45) is 0 Å². The molecule has 0 aromatic heterocycles. The van der Waals surface area contributed by atoms with Crippen LogP contribution in [0.15, 0.2) is 18.2 Å². The van der Waals surface area contributed by atoms with E-state index in [2.05, 4.69) is 38.9 Å². The van der Waals surface area contributed by atoms with Crippen LogP contribution in [0, 0.1) is 3.57 Å². The largest absolute Gasteiger partial charge is 0.303 e. The van der Waals surface area contributed by atoms with Gasteiger partial charge in [0.1, 0.15) is 6.04 Å². The van der Waals surface area contributed by atoms with Crippen LogP contribution in [0.3, 0.4) is 0 Å². The van der Waals surface area contributed by atoms with Crippen molar-refractivity contribution in [1.29, 1.82) is 0 Å². The first-order valence-corrected chi connectivity index (χ1v) is 7.12. The Morgan fingerprint density at radius 2 is 2.05 bits per heavy atom. The third kappa shape index (κ3) is 2.24. The first-order chi connectivity index (χ1) is 9.56. The molecule has 8 heteroatoms. The highest BCUT2D eigenvalue weighted by Gasteiger charge is 2.37. The van der Waals surface area contributed by atoms with E-state index < -0.39 is 11.9 Å². The molecule has 104 valence electrons. The molecule has 1 aromatic carbocycles. The van der Waals surface area contributed by atoms with E-state index in [4.69, 9.17) is 0 Å². The fraction of sp³-hybridized carbons (Fsp3) is 0.250. The van der Waals surface area contributed by atoms with Gasteiger partial charge < -0.3 is 5.43 Å². The van der Waals surface area contributed by atoms with Crippen molar-refractivity contribution in [3.05, 3.63) is 27.3 Å². The maximum absolute atomic E-state index is 12.5. The lowest BCUT2D eigenvalue weighted by atomic mass is 10.0. The van der Waals surface area contributed by atoms with Gasteiger partial charge in [-0.3, -0.25) is 19.7 Å². The molecule has 3 N–H and O–H groups in total. The first kappa shape index (κ1) is 13.3. The molecule has 0 saturated carbocycles. The standard InChI is InChI=1S/C12H11IN4O3/c13-6-1-2-8-7(5-6)12(20)17(16-15-8)9-3-4-10(18)14-11(9)19/h1-2,5,9,15-16H,3-4H2,(H,14,18,19). The summed E-state index contributed by atoms with van der Waals surface area (Å²) < 4.78 is 0.932. The van der Waals surface area contributed by atoms with Crippen LogP contribution in [0.25, 0.3) is 0 Å². The number of anilines is 1. The monoisotopic (exact) mass is 386 g/mol. The molecule has 2 aliphatic rings. The third-order valence-electron chi connectivity index (χ3n) is 3.26. The van der Waals surface area contributed by atoms with Gasteiger partial charge in [-0.25, -0.2) is 5.01 Å². The lowest BCUT2D eigenvalue weighted by Gasteiger charge is -2.36. The van der Waals surface area contributed by atoms with Gasteiger partial charge in [-0.1, -0.05) is 0 Å². The van der Waals surface area contributed by atoms with Crippen molar-refractivity contribution in [2.45, 2.75) is 18.9 Å². The molecular weight excluding hydrogens is 375 g/mol. The maximum atomic E-state index is 12.5. The summed E-state index contributed by atoms with van der Waals surface area (Å²) in [5.74, 6) is -1.05. The van der Waals surface area contributed by atoms with Gasteiger partial charge >= 0.3 is 0 Å². The van der Waals surface area contributed by atoms with Crippen LogP contribution in [-0.2, 0) is 9.59 Å². The number of hydrazine groups is 2. The van der Waals surface area contributed by atoms with Crippen LogP contribution in [-0.4, -0.2) is 28.8 Å². The number of halogens is 1. The Kier molecular flexibility index (Phi) is 3.34. The van der Waals surface area contributed by atoms with E-state index in [1.54, 1.807) is 12.1 Å². The van der Waals surface area contributed by atoms with Crippen molar-refractivity contribution < 1.29 is 14.4 Å². The predicted octanol–water partition coefficient (Wildman–Crippen LogP) is 0.384. The highest BCUT2D eigenvalue weighted by Crippen LogP contribution is 2.25. The number of amides is 3. The van der Waals surface area contributed by atoms with E-state index in [1.165, 1.54) is 5.01 Å². The molecule has 2 aliphatic heterocycles. The second-order valence-electron chi connectivity index (χ2n) is 4.57. The zero-order valence-corrected chi connectivity index (χ0v) is 12.4. The minimum Gasteiger partial charge on any atom is -0.303 e. The van der Waals surface area contributed by atoms with E-state index in [0.717, 1.165) is 3.57 Å². The molecule has 0 aliphatic carbocycles. The fourth-order valence-corrected chi connectivity index (χ4v) is 2.74. The molecule has 0 bridgehead atoms. The molecule has 1 aromatic rings. The SMILES string of the molecule is O=C1CCC(N2NNc3ccc(I)cc3C2=O)C(=O)N1. The second kappa shape index (κ2) is 5.02. The van der Waals surface area contributed by atoms with Crippen molar-refractivity contribution in [3.63, 3.8) is 0 Å². The average molecular weight is 386 g/mol. The second-order valence-corrected chi connectivity index (χ2v) is 5.81. The molecule has 7 nitrogen and oxygen atoms in total. The summed E-state index contributed by atoms with van der Waals surface area (Å²) in [6.45, 7) is 0. The molecule has 0 radical (unpaired) electrons. The number of rotatable bonds is 1. The quantitative estimate of drug-likeness (QED) is 0.480. The van der Waals surface area contributed by atoms with Crippen LogP contribution < -0.4 is 16.3 Å². The van der Waals surface area contributed by atoms with Crippen LogP contribution in [0.1, 0.15) is 23.2 Å². The van der Waals surface area contributed by atoms with Gasteiger partial charge in [0.05, 0.1) is 11.3 Å². The fourth-order valence-electron chi connectivity index (χ4n) is 2.25. The zero-order chi connectivity index (χ0) is 14.3. The number of carbonyl (C=O) groups is 3. The minimum atomic E-state index is -0.696. The number of piperidine rings is 1. The van der Waals surface area contributed by atoms with Crippen LogP contribution >= 0.6 is 22.6 Å². The number of benzene rings is 1. The van der Waals surface area contributed by atoms with E-state index in [9.17, 15) is 14.4 Å². The molecule has 1 fully saturated rings. The number of hydrogen-bond acceptors (Lipinski definition) is 5. The Bertz CT molecular complexity index is 619. The van der Waals surface area contributed by atoms with Crippen molar-refractivity contribution in [1.82, 2.24) is 15.9 Å². The highest BCUT2D eigenvalue weighted by molar-refractivity contribution is 14.1. The number of nitrogens with one attached hydrogen (secondary N) is 3.